The van der Waals surface area contributed by atoms with Crippen LogP contribution in [0.4, 0.5) is 0 Å². The van der Waals surface area contributed by atoms with Crippen LogP contribution in [0.3, 0.4) is 0 Å². The van der Waals surface area contributed by atoms with Crippen molar-refractivity contribution in [3.8, 4) is 0 Å². The molecule has 31 heavy (non-hydrogen) atoms. The summed E-state index contributed by atoms with van der Waals surface area (Å²) in [4.78, 5) is 24.6. The van der Waals surface area contributed by atoms with Gasteiger partial charge in [0, 0.05) is 12.3 Å². The first-order valence-electron chi connectivity index (χ1n) is 11.6. The summed E-state index contributed by atoms with van der Waals surface area (Å²) in [6, 6.07) is 0. The highest BCUT2D eigenvalue weighted by Crippen LogP contribution is 2.45. The van der Waals surface area contributed by atoms with E-state index in [2.05, 4.69) is 32.1 Å². The number of aliphatic hydroxyl groups is 1. The highest BCUT2D eigenvalue weighted by atomic mass is 127. The molecule has 0 spiro atoms. The minimum absolute atomic E-state index is 0. The van der Waals surface area contributed by atoms with E-state index >= 15 is 0 Å². The zero-order valence-electron chi connectivity index (χ0n) is 19.5. The van der Waals surface area contributed by atoms with E-state index in [4.69, 9.17) is 9.47 Å². The minimum Gasteiger partial charge on any atom is -0.462 e. The van der Waals surface area contributed by atoms with Crippen molar-refractivity contribution in [3.05, 3.63) is 23.8 Å². The van der Waals surface area contributed by atoms with Gasteiger partial charge < -0.3 is 14.6 Å². The molecule has 1 fully saturated rings. The molecule has 176 valence electrons. The summed E-state index contributed by atoms with van der Waals surface area (Å²) in [6.45, 7) is 10.3. The van der Waals surface area contributed by atoms with Crippen LogP contribution >= 0.6 is 24.0 Å². The fraction of sp³-hybridized carbons (Fsp3) is 0.760. The van der Waals surface area contributed by atoms with Crippen LogP contribution in [0, 0.1) is 29.1 Å². The maximum Gasteiger partial charge on any atom is 0.311 e. The van der Waals surface area contributed by atoms with Gasteiger partial charge in [0.2, 0.25) is 0 Å². The van der Waals surface area contributed by atoms with Crippen molar-refractivity contribution in [2.75, 3.05) is 0 Å². The zero-order valence-corrected chi connectivity index (χ0v) is 21.8. The number of hydrogen-bond acceptors (Lipinski definition) is 5. The topological polar surface area (TPSA) is 72.8 Å². The summed E-state index contributed by atoms with van der Waals surface area (Å²) in [7, 11) is 0. The van der Waals surface area contributed by atoms with Crippen LogP contribution in [0.5, 0.6) is 0 Å². The lowest BCUT2D eigenvalue weighted by molar-refractivity contribution is -0.166. The van der Waals surface area contributed by atoms with Crippen LogP contribution in [0.2, 0.25) is 0 Å². The maximum absolute atomic E-state index is 12.9. The van der Waals surface area contributed by atoms with Crippen LogP contribution in [0.15, 0.2) is 23.8 Å². The molecule has 1 unspecified atom stereocenters. The molecule has 0 saturated carbocycles. The molecule has 0 aromatic carbocycles. The number of ether oxygens (including phenoxy) is 2. The van der Waals surface area contributed by atoms with E-state index in [1.165, 1.54) is 5.57 Å². The number of esters is 2. The lowest BCUT2D eigenvalue weighted by Crippen LogP contribution is -2.43. The molecule has 0 aromatic rings. The molecule has 1 aliphatic heterocycles. The molecular formula is C25H39IO5. The number of allylic oxidation sites excluding steroid dienone is 3. The average molecular weight is 546 g/mol. The molecule has 0 bridgehead atoms. The molecule has 0 aromatic heterocycles. The van der Waals surface area contributed by atoms with Gasteiger partial charge in [-0.1, -0.05) is 39.0 Å². The molecule has 7 atom stereocenters. The Morgan fingerprint density at radius 1 is 1.26 bits per heavy atom. The molecule has 3 rings (SSSR count). The van der Waals surface area contributed by atoms with E-state index < -0.39 is 11.5 Å². The fourth-order valence-electron chi connectivity index (χ4n) is 5.08. The van der Waals surface area contributed by atoms with E-state index in [0.29, 0.717) is 24.2 Å². The summed E-state index contributed by atoms with van der Waals surface area (Å²) in [6.07, 6.45) is 9.61. The quantitative estimate of drug-likeness (QED) is 0.366. The predicted octanol–water partition coefficient (Wildman–Crippen LogP) is 5.20. The molecule has 0 amide bonds. The SMILES string of the molecule is CCC(C)(C)C(=O)O[C@@H]1C[C@H](C)C=C2C=C[C@H](C)[C@H](CC[C@H]3C[C@@H](O)CC(=O)O3)C21.I. The molecule has 1 heterocycles. The largest absolute Gasteiger partial charge is 0.462 e. The third-order valence-electron chi connectivity index (χ3n) is 7.35. The number of cyclic esters (lactones) is 1. The van der Waals surface area contributed by atoms with Gasteiger partial charge in [0.25, 0.3) is 0 Å². The maximum atomic E-state index is 12.9. The fourth-order valence-corrected chi connectivity index (χ4v) is 5.08. The number of rotatable bonds is 6. The Kier molecular flexibility index (Phi) is 9.20. The Morgan fingerprint density at radius 2 is 1.97 bits per heavy atom. The molecular weight excluding hydrogens is 507 g/mol. The Hall–Kier alpha value is -0.890. The number of carbonyl (C=O) groups excluding carboxylic acids is 2. The lowest BCUT2D eigenvalue weighted by atomic mass is 9.65. The normalized spacial score (nSPS) is 35.4. The number of fused-ring (bicyclic) bond motifs is 1. The molecule has 5 nitrogen and oxygen atoms in total. The van der Waals surface area contributed by atoms with Crippen LogP contribution in [-0.2, 0) is 19.1 Å². The standard InChI is InChI=1S/C25H38O5.HI/c1-6-25(4,5)24(28)30-21-12-15(2)11-17-8-7-16(3)20(23(17)21)10-9-19-13-18(26)14-22(27)29-19;/h7-8,11,15-16,18-21,23,26H,6,9-10,12-14H2,1-5H3;1H/t15-,16+,18-,19+,20+,21-,23?;/m1./s1. The molecule has 1 saturated heterocycles. The first-order valence-corrected chi connectivity index (χ1v) is 11.6. The van der Waals surface area contributed by atoms with Crippen molar-refractivity contribution in [1.82, 2.24) is 0 Å². The van der Waals surface area contributed by atoms with Gasteiger partial charge >= 0.3 is 11.9 Å². The van der Waals surface area contributed by atoms with Gasteiger partial charge in [-0.3, -0.25) is 9.59 Å². The first-order chi connectivity index (χ1) is 14.1. The second-order valence-corrected chi connectivity index (χ2v) is 10.3. The Morgan fingerprint density at radius 3 is 2.61 bits per heavy atom. The van der Waals surface area contributed by atoms with Gasteiger partial charge in [0.05, 0.1) is 17.9 Å². The van der Waals surface area contributed by atoms with Gasteiger partial charge in [-0.05, 0) is 62.9 Å². The third-order valence-corrected chi connectivity index (χ3v) is 7.35. The number of aliphatic hydroxyl groups excluding tert-OH is 1. The summed E-state index contributed by atoms with van der Waals surface area (Å²) in [5.74, 6) is 0.776. The van der Waals surface area contributed by atoms with E-state index in [1.54, 1.807) is 0 Å². The number of carbonyl (C=O) groups is 2. The molecule has 3 aliphatic rings. The van der Waals surface area contributed by atoms with Crippen molar-refractivity contribution in [3.63, 3.8) is 0 Å². The molecule has 2 aliphatic carbocycles. The van der Waals surface area contributed by atoms with E-state index in [0.717, 1.165) is 25.7 Å². The zero-order chi connectivity index (χ0) is 22.1. The number of halogens is 1. The van der Waals surface area contributed by atoms with E-state index in [1.807, 2.05) is 20.8 Å². The lowest BCUT2D eigenvalue weighted by Gasteiger charge is -2.44. The highest BCUT2D eigenvalue weighted by molar-refractivity contribution is 14.0. The number of hydrogen-bond donors (Lipinski definition) is 1. The smallest absolute Gasteiger partial charge is 0.311 e. The monoisotopic (exact) mass is 546 g/mol. The van der Waals surface area contributed by atoms with Gasteiger partial charge in [0.15, 0.2) is 0 Å². The van der Waals surface area contributed by atoms with Crippen LogP contribution in [0.25, 0.3) is 0 Å². The van der Waals surface area contributed by atoms with E-state index in [9.17, 15) is 14.7 Å². The second kappa shape index (κ2) is 10.8. The summed E-state index contributed by atoms with van der Waals surface area (Å²) in [5.41, 5.74) is 0.785. The van der Waals surface area contributed by atoms with Crippen molar-refractivity contribution >= 4 is 35.9 Å². The van der Waals surface area contributed by atoms with Crippen LogP contribution in [-0.4, -0.2) is 35.4 Å². The predicted molar refractivity (Wildman–Crippen MR) is 131 cm³/mol. The van der Waals surface area contributed by atoms with Crippen LogP contribution < -0.4 is 0 Å². The van der Waals surface area contributed by atoms with Gasteiger partial charge in [-0.2, -0.15) is 0 Å². The van der Waals surface area contributed by atoms with Crippen molar-refractivity contribution in [2.45, 2.75) is 91.5 Å². The summed E-state index contributed by atoms with van der Waals surface area (Å²) < 4.78 is 11.6. The Labute approximate surface area is 204 Å². The Bertz CT molecular complexity index is 713. The van der Waals surface area contributed by atoms with Gasteiger partial charge in [0.1, 0.15) is 12.2 Å². The minimum atomic E-state index is -0.601. The van der Waals surface area contributed by atoms with Crippen molar-refractivity contribution < 1.29 is 24.2 Å². The average Bonchev–Trinajstić information content (AvgIpc) is 2.66. The van der Waals surface area contributed by atoms with Crippen molar-refractivity contribution in [1.29, 1.82) is 0 Å². The molecule has 6 heteroatoms. The third kappa shape index (κ3) is 6.34. The second-order valence-electron chi connectivity index (χ2n) is 10.3. The molecule has 0 radical (unpaired) electrons. The van der Waals surface area contributed by atoms with Crippen molar-refractivity contribution in [2.24, 2.45) is 29.1 Å². The van der Waals surface area contributed by atoms with E-state index in [-0.39, 0.29) is 60.5 Å². The van der Waals surface area contributed by atoms with Crippen LogP contribution in [0.1, 0.15) is 73.1 Å². The summed E-state index contributed by atoms with van der Waals surface area (Å²) >= 11 is 0. The van der Waals surface area contributed by atoms with Gasteiger partial charge in [-0.15, -0.1) is 24.0 Å². The highest BCUT2D eigenvalue weighted by Gasteiger charge is 2.43. The molecule has 1 N–H and O–H groups in total. The van der Waals surface area contributed by atoms with Gasteiger partial charge in [-0.25, -0.2) is 0 Å². The first kappa shape index (κ1) is 26.4. The Balaban J connectivity index is 0.00000341. The summed E-state index contributed by atoms with van der Waals surface area (Å²) in [5, 5.41) is 9.92.